The number of benzene rings is 3. The first-order valence-electron chi connectivity index (χ1n) is 12.8. The number of ether oxygens (including phenoxy) is 1. The topological polar surface area (TPSA) is 56.1 Å². The molecule has 1 heterocycles. The van der Waals surface area contributed by atoms with Gasteiger partial charge in [-0.05, 0) is 73.2 Å². The molecule has 0 aliphatic heterocycles. The van der Waals surface area contributed by atoms with E-state index >= 15 is 0 Å². The van der Waals surface area contributed by atoms with Crippen molar-refractivity contribution in [3.05, 3.63) is 94.2 Å². The number of halogens is 1. The second-order valence-electron chi connectivity index (χ2n) is 9.12. The summed E-state index contributed by atoms with van der Waals surface area (Å²) < 4.78 is 9.21. The van der Waals surface area contributed by atoms with E-state index in [9.17, 15) is 4.79 Å². The number of aromatic nitrogens is 2. The van der Waals surface area contributed by atoms with Gasteiger partial charge in [-0.15, -0.1) is 0 Å². The molecule has 5 nitrogen and oxygen atoms in total. The van der Waals surface area contributed by atoms with Crippen molar-refractivity contribution >= 4 is 32.9 Å². The van der Waals surface area contributed by atoms with Gasteiger partial charge >= 0.3 is 0 Å². The first-order valence-corrected chi connectivity index (χ1v) is 13.5. The lowest BCUT2D eigenvalue weighted by atomic mass is 9.99. The Balaban J connectivity index is 1.30. The molecule has 4 rings (SSSR count). The van der Waals surface area contributed by atoms with Gasteiger partial charge in [0.05, 0.1) is 17.6 Å². The van der Waals surface area contributed by atoms with Gasteiger partial charge in [-0.2, -0.15) is 0 Å². The monoisotopic (exact) mass is 547 g/mol. The van der Waals surface area contributed by atoms with Crippen LogP contribution in [0.25, 0.3) is 11.0 Å². The van der Waals surface area contributed by atoms with Crippen molar-refractivity contribution in [1.82, 2.24) is 14.9 Å². The summed E-state index contributed by atoms with van der Waals surface area (Å²) in [6.07, 6.45) is 3.65. The highest BCUT2D eigenvalue weighted by Crippen LogP contribution is 2.22. The van der Waals surface area contributed by atoms with Gasteiger partial charge in [0, 0.05) is 29.5 Å². The SMILES string of the molecule is CCC(C)c1ccc(OCCCn2c(CCCNC(=O)c3cccc(Br)c3)nc3ccccc32)cc1. The van der Waals surface area contributed by atoms with E-state index in [2.05, 4.69) is 82.1 Å². The molecule has 1 amide bonds. The molecule has 1 unspecified atom stereocenters. The van der Waals surface area contributed by atoms with Crippen molar-refractivity contribution in [3.8, 4) is 5.75 Å². The van der Waals surface area contributed by atoms with Crippen LogP contribution in [0.4, 0.5) is 0 Å². The zero-order valence-corrected chi connectivity index (χ0v) is 22.6. The number of rotatable bonds is 12. The Bertz CT molecular complexity index is 1280. The van der Waals surface area contributed by atoms with E-state index in [-0.39, 0.29) is 5.91 Å². The fourth-order valence-electron chi connectivity index (χ4n) is 4.29. The molecule has 0 aliphatic rings. The minimum Gasteiger partial charge on any atom is -0.494 e. The highest BCUT2D eigenvalue weighted by atomic mass is 79.9. The molecule has 0 saturated heterocycles. The summed E-state index contributed by atoms with van der Waals surface area (Å²) in [6, 6.07) is 24.2. The lowest BCUT2D eigenvalue weighted by Gasteiger charge is -2.12. The van der Waals surface area contributed by atoms with Crippen LogP contribution < -0.4 is 10.1 Å². The zero-order valence-electron chi connectivity index (χ0n) is 21.0. The lowest BCUT2D eigenvalue weighted by molar-refractivity contribution is 0.0953. The van der Waals surface area contributed by atoms with E-state index in [0.717, 1.165) is 59.3 Å². The number of aryl methyl sites for hydroxylation is 2. The maximum absolute atomic E-state index is 12.4. The van der Waals surface area contributed by atoms with Crippen LogP contribution in [-0.2, 0) is 13.0 Å². The Kier molecular flexibility index (Phi) is 9.17. The molecule has 0 saturated carbocycles. The summed E-state index contributed by atoms with van der Waals surface area (Å²) in [6.45, 7) is 6.55. The predicted octanol–water partition coefficient (Wildman–Crippen LogP) is 7.14. The molecular weight excluding hydrogens is 514 g/mol. The van der Waals surface area contributed by atoms with Gasteiger partial charge < -0.3 is 14.6 Å². The van der Waals surface area contributed by atoms with Crippen LogP contribution in [-0.4, -0.2) is 28.6 Å². The highest BCUT2D eigenvalue weighted by molar-refractivity contribution is 9.10. The molecule has 3 aromatic carbocycles. The number of carbonyl (C=O) groups excluding carboxylic acids is 1. The number of amides is 1. The fourth-order valence-corrected chi connectivity index (χ4v) is 4.69. The van der Waals surface area contributed by atoms with E-state index in [4.69, 9.17) is 9.72 Å². The number of carbonyl (C=O) groups is 1. The summed E-state index contributed by atoms with van der Waals surface area (Å²) >= 11 is 3.42. The molecule has 1 aromatic heterocycles. The van der Waals surface area contributed by atoms with Crippen molar-refractivity contribution in [2.24, 2.45) is 0 Å². The molecule has 188 valence electrons. The Morgan fingerprint density at radius 3 is 2.64 bits per heavy atom. The molecule has 4 aromatic rings. The number of para-hydroxylation sites is 2. The average molecular weight is 549 g/mol. The third kappa shape index (κ3) is 6.76. The summed E-state index contributed by atoms with van der Waals surface area (Å²) in [5.41, 5.74) is 4.16. The van der Waals surface area contributed by atoms with Crippen LogP contribution >= 0.6 is 15.9 Å². The van der Waals surface area contributed by atoms with Crippen LogP contribution in [0.3, 0.4) is 0 Å². The normalized spacial score (nSPS) is 12.0. The summed E-state index contributed by atoms with van der Waals surface area (Å²) in [5.74, 6) is 2.48. The number of hydrogen-bond acceptors (Lipinski definition) is 3. The van der Waals surface area contributed by atoms with Crippen molar-refractivity contribution < 1.29 is 9.53 Å². The fraction of sp³-hybridized carbons (Fsp3) is 0.333. The van der Waals surface area contributed by atoms with Crippen molar-refractivity contribution in [2.45, 2.75) is 52.0 Å². The van der Waals surface area contributed by atoms with Crippen LogP contribution in [0.15, 0.2) is 77.3 Å². The molecule has 0 radical (unpaired) electrons. The maximum Gasteiger partial charge on any atom is 0.251 e. The van der Waals surface area contributed by atoms with Gasteiger partial charge in [0.15, 0.2) is 0 Å². The molecule has 36 heavy (non-hydrogen) atoms. The predicted molar refractivity (Wildman–Crippen MR) is 150 cm³/mol. The number of nitrogens with zero attached hydrogens (tertiary/aromatic N) is 2. The van der Waals surface area contributed by atoms with E-state index in [1.54, 1.807) is 0 Å². The second kappa shape index (κ2) is 12.7. The second-order valence-corrected chi connectivity index (χ2v) is 10.0. The molecule has 1 atom stereocenters. The highest BCUT2D eigenvalue weighted by Gasteiger charge is 2.11. The third-order valence-corrected chi connectivity index (χ3v) is 7.03. The van der Waals surface area contributed by atoms with Gasteiger partial charge in [0.2, 0.25) is 0 Å². The first-order chi connectivity index (χ1) is 17.5. The summed E-state index contributed by atoms with van der Waals surface area (Å²) in [4.78, 5) is 17.3. The van der Waals surface area contributed by atoms with E-state index in [1.165, 1.54) is 5.56 Å². The first kappa shape index (κ1) is 26.0. The Morgan fingerprint density at radius 1 is 1.06 bits per heavy atom. The number of hydrogen-bond donors (Lipinski definition) is 1. The Morgan fingerprint density at radius 2 is 1.86 bits per heavy atom. The van der Waals surface area contributed by atoms with E-state index in [1.807, 2.05) is 30.3 Å². The quantitative estimate of drug-likeness (QED) is 0.192. The lowest BCUT2D eigenvalue weighted by Crippen LogP contribution is -2.25. The zero-order chi connectivity index (χ0) is 25.3. The van der Waals surface area contributed by atoms with E-state index < -0.39 is 0 Å². The molecular formula is C30H34BrN3O2. The number of nitrogens with one attached hydrogen (secondary N) is 1. The third-order valence-electron chi connectivity index (χ3n) is 6.54. The Hall–Kier alpha value is -3.12. The van der Waals surface area contributed by atoms with Gasteiger partial charge in [0.1, 0.15) is 11.6 Å². The smallest absolute Gasteiger partial charge is 0.251 e. The Labute approximate surface area is 222 Å². The van der Waals surface area contributed by atoms with Crippen molar-refractivity contribution in [1.29, 1.82) is 0 Å². The minimum absolute atomic E-state index is 0.0564. The van der Waals surface area contributed by atoms with Crippen molar-refractivity contribution in [2.75, 3.05) is 13.2 Å². The van der Waals surface area contributed by atoms with Crippen LogP contribution in [0.1, 0.15) is 60.8 Å². The molecule has 1 N–H and O–H groups in total. The minimum atomic E-state index is -0.0564. The standard InChI is InChI=1S/C30H34BrN3O2/c1-3-22(2)23-14-16-26(17-15-23)36-20-8-19-34-28-12-5-4-11-27(28)33-29(34)13-7-18-32-30(35)24-9-6-10-25(31)21-24/h4-6,9-12,14-17,21-22H,3,7-8,13,18-20H2,1-2H3,(H,32,35). The maximum atomic E-state index is 12.4. The largest absolute Gasteiger partial charge is 0.494 e. The number of fused-ring (bicyclic) bond motifs is 1. The van der Waals surface area contributed by atoms with E-state index in [0.29, 0.717) is 24.6 Å². The van der Waals surface area contributed by atoms with Gasteiger partial charge in [-0.25, -0.2) is 4.98 Å². The molecule has 0 bridgehead atoms. The van der Waals surface area contributed by atoms with Gasteiger partial charge in [0.25, 0.3) is 5.91 Å². The van der Waals surface area contributed by atoms with Crippen LogP contribution in [0.5, 0.6) is 5.75 Å². The van der Waals surface area contributed by atoms with Crippen LogP contribution in [0, 0.1) is 0 Å². The van der Waals surface area contributed by atoms with Crippen LogP contribution in [0.2, 0.25) is 0 Å². The average Bonchev–Trinajstić information content (AvgIpc) is 3.26. The molecule has 0 fully saturated rings. The molecule has 0 spiro atoms. The molecule has 6 heteroatoms. The van der Waals surface area contributed by atoms with Gasteiger partial charge in [-0.3, -0.25) is 4.79 Å². The van der Waals surface area contributed by atoms with Gasteiger partial charge in [-0.1, -0.05) is 60.1 Å². The van der Waals surface area contributed by atoms with Crippen molar-refractivity contribution in [3.63, 3.8) is 0 Å². The summed E-state index contributed by atoms with van der Waals surface area (Å²) in [5, 5.41) is 3.02. The summed E-state index contributed by atoms with van der Waals surface area (Å²) in [7, 11) is 0. The molecule has 0 aliphatic carbocycles. The number of imidazole rings is 1.